The van der Waals surface area contributed by atoms with Crippen LogP contribution >= 0.6 is 11.8 Å². The van der Waals surface area contributed by atoms with E-state index in [4.69, 9.17) is 0 Å². The lowest BCUT2D eigenvalue weighted by molar-refractivity contribution is -0.125. The van der Waals surface area contributed by atoms with E-state index in [2.05, 4.69) is 50.4 Å². The quantitative estimate of drug-likeness (QED) is 0.857. The highest BCUT2D eigenvalue weighted by atomic mass is 32.2. The average molecular weight is 383 g/mol. The Hall–Kier alpha value is -2.05. The molecule has 1 fully saturated rings. The Bertz CT molecular complexity index is 759. The maximum Gasteiger partial charge on any atom is 0.222 e. The highest BCUT2D eigenvalue weighted by Crippen LogP contribution is 2.46. The molecule has 5 nitrogen and oxygen atoms in total. The molecule has 6 heteroatoms. The second-order valence-electron chi connectivity index (χ2n) is 7.13. The van der Waals surface area contributed by atoms with E-state index in [1.807, 2.05) is 12.3 Å². The smallest absolute Gasteiger partial charge is 0.222 e. The predicted octanol–water partition coefficient (Wildman–Crippen LogP) is 3.53. The fraction of sp³-hybridized carbons (Fsp3) is 0.429. The number of likely N-dealkylation sites (tertiary alicyclic amines) is 1. The monoisotopic (exact) mass is 382 g/mol. The molecule has 0 saturated carbocycles. The maximum absolute atomic E-state index is 11.8. The Labute approximate surface area is 165 Å². The third-order valence-electron chi connectivity index (χ3n) is 5.44. The number of nitrogens with zero attached hydrogens (tertiary/aromatic N) is 3. The zero-order valence-corrected chi connectivity index (χ0v) is 16.5. The fourth-order valence-corrected chi connectivity index (χ4v) is 5.03. The molecule has 27 heavy (non-hydrogen) atoms. The van der Waals surface area contributed by atoms with Gasteiger partial charge in [0.05, 0.1) is 10.6 Å². The number of aromatic nitrogens is 1. The Balaban J connectivity index is 1.37. The predicted molar refractivity (Wildman–Crippen MR) is 110 cm³/mol. The van der Waals surface area contributed by atoms with Crippen molar-refractivity contribution in [2.24, 2.45) is 5.92 Å². The average Bonchev–Trinajstić information content (AvgIpc) is 2.73. The van der Waals surface area contributed by atoms with Crippen LogP contribution in [0.4, 0.5) is 11.5 Å². The van der Waals surface area contributed by atoms with Crippen molar-refractivity contribution < 1.29 is 4.79 Å². The first kappa shape index (κ1) is 18.3. The Kier molecular flexibility index (Phi) is 5.64. The Morgan fingerprint density at radius 2 is 1.93 bits per heavy atom. The van der Waals surface area contributed by atoms with Crippen molar-refractivity contribution in [1.29, 1.82) is 0 Å². The first-order chi connectivity index (χ1) is 13.3. The number of hydrogen-bond donors (Lipinski definition) is 1. The van der Waals surface area contributed by atoms with Crippen LogP contribution in [0.3, 0.4) is 0 Å². The maximum atomic E-state index is 11.8. The van der Waals surface area contributed by atoms with Crippen LogP contribution < -0.4 is 10.2 Å². The summed E-state index contributed by atoms with van der Waals surface area (Å²) in [4.78, 5) is 23.8. The van der Waals surface area contributed by atoms with Crippen molar-refractivity contribution in [3.63, 3.8) is 0 Å². The molecule has 0 atom stereocenters. The number of carbonyl (C=O) groups excluding carboxylic acids is 1. The first-order valence-electron chi connectivity index (χ1n) is 9.69. The van der Waals surface area contributed by atoms with Crippen LogP contribution in [-0.2, 0) is 4.79 Å². The minimum absolute atomic E-state index is 0.188. The van der Waals surface area contributed by atoms with E-state index in [9.17, 15) is 4.79 Å². The van der Waals surface area contributed by atoms with E-state index in [1.165, 1.54) is 15.5 Å². The Morgan fingerprint density at radius 3 is 2.74 bits per heavy atom. The van der Waals surface area contributed by atoms with Gasteiger partial charge >= 0.3 is 0 Å². The molecule has 142 valence electrons. The lowest BCUT2D eigenvalue weighted by Crippen LogP contribution is -2.40. The summed E-state index contributed by atoms with van der Waals surface area (Å²) in [6.45, 7) is 4.05. The van der Waals surface area contributed by atoms with Crippen molar-refractivity contribution in [3.05, 3.63) is 42.6 Å². The lowest BCUT2D eigenvalue weighted by atomic mass is 9.96. The Morgan fingerprint density at radius 1 is 1.15 bits per heavy atom. The zero-order valence-electron chi connectivity index (χ0n) is 15.7. The number of nitrogens with one attached hydrogen (secondary N) is 1. The number of fused-ring (bicyclic) bond motifs is 2. The van der Waals surface area contributed by atoms with Gasteiger partial charge in [-0.3, -0.25) is 4.79 Å². The molecule has 0 aliphatic carbocycles. The number of para-hydroxylation sites is 1. The van der Waals surface area contributed by atoms with Crippen LogP contribution in [0.5, 0.6) is 0 Å². The van der Waals surface area contributed by atoms with E-state index < -0.39 is 0 Å². The van der Waals surface area contributed by atoms with Crippen molar-refractivity contribution in [3.8, 4) is 0 Å². The summed E-state index contributed by atoms with van der Waals surface area (Å²) in [6, 6.07) is 12.7. The fourth-order valence-electron chi connectivity index (χ4n) is 3.97. The van der Waals surface area contributed by atoms with Gasteiger partial charge in [0.2, 0.25) is 5.91 Å². The first-order valence-corrected chi connectivity index (χ1v) is 10.5. The summed E-state index contributed by atoms with van der Waals surface area (Å²) in [7, 11) is 1.73. The molecule has 2 aliphatic rings. The van der Waals surface area contributed by atoms with Crippen LogP contribution in [0.1, 0.15) is 19.3 Å². The van der Waals surface area contributed by atoms with E-state index in [0.29, 0.717) is 0 Å². The summed E-state index contributed by atoms with van der Waals surface area (Å²) in [6.07, 6.45) is 4.89. The highest BCUT2D eigenvalue weighted by molar-refractivity contribution is 7.99. The van der Waals surface area contributed by atoms with Gasteiger partial charge in [-0.2, -0.15) is 0 Å². The minimum Gasteiger partial charge on any atom is -0.359 e. The summed E-state index contributed by atoms with van der Waals surface area (Å²) in [5.41, 5.74) is 1.26. The van der Waals surface area contributed by atoms with Gasteiger partial charge in [-0.25, -0.2) is 4.98 Å². The summed E-state index contributed by atoms with van der Waals surface area (Å²) < 4.78 is 0. The lowest BCUT2D eigenvalue weighted by Gasteiger charge is -2.34. The molecule has 1 N–H and O–H groups in total. The molecule has 1 amide bonds. The van der Waals surface area contributed by atoms with E-state index in [-0.39, 0.29) is 11.8 Å². The van der Waals surface area contributed by atoms with Crippen LogP contribution in [-0.4, -0.2) is 49.0 Å². The third-order valence-corrected chi connectivity index (χ3v) is 6.55. The normalized spacial score (nSPS) is 17.3. The number of hydrogen-bond acceptors (Lipinski definition) is 5. The number of pyridine rings is 1. The van der Waals surface area contributed by atoms with Gasteiger partial charge in [0, 0.05) is 30.6 Å². The summed E-state index contributed by atoms with van der Waals surface area (Å²) >= 11 is 1.80. The van der Waals surface area contributed by atoms with E-state index in [1.54, 1.807) is 18.8 Å². The summed E-state index contributed by atoms with van der Waals surface area (Å²) in [5.74, 6) is 1.45. The third kappa shape index (κ3) is 3.96. The molecule has 4 rings (SSSR count). The van der Waals surface area contributed by atoms with Crippen molar-refractivity contribution >= 4 is 29.2 Å². The standard InChI is InChI=1S/C21H26N4OS/c1-22-21(26)16-9-14-24(15-10-16)12-5-13-25-17-6-2-3-7-18(17)27-19-8-4-11-23-20(19)25/h2-4,6-8,11,16H,5,9-10,12-15H2,1H3,(H,22,26). The zero-order chi connectivity index (χ0) is 18.6. The van der Waals surface area contributed by atoms with Gasteiger partial charge in [-0.15, -0.1) is 0 Å². The molecule has 2 aromatic rings. The molecule has 1 aromatic heterocycles. The second kappa shape index (κ2) is 8.31. The number of amides is 1. The van der Waals surface area contributed by atoms with Gasteiger partial charge in [0.25, 0.3) is 0 Å². The molecule has 0 unspecified atom stereocenters. The number of carbonyl (C=O) groups is 1. The van der Waals surface area contributed by atoms with Crippen molar-refractivity contribution in [2.45, 2.75) is 29.1 Å². The van der Waals surface area contributed by atoms with Crippen LogP contribution in [0, 0.1) is 5.92 Å². The number of benzene rings is 1. The molecular formula is C21H26N4OS. The number of anilines is 2. The van der Waals surface area contributed by atoms with Crippen LogP contribution in [0.2, 0.25) is 0 Å². The highest BCUT2D eigenvalue weighted by Gasteiger charge is 2.26. The van der Waals surface area contributed by atoms with Crippen molar-refractivity contribution in [1.82, 2.24) is 15.2 Å². The van der Waals surface area contributed by atoms with Gasteiger partial charge in [-0.1, -0.05) is 23.9 Å². The van der Waals surface area contributed by atoms with Gasteiger partial charge in [0.15, 0.2) is 0 Å². The van der Waals surface area contributed by atoms with Crippen LogP contribution in [0.25, 0.3) is 0 Å². The molecular weight excluding hydrogens is 356 g/mol. The minimum atomic E-state index is 0.188. The van der Waals surface area contributed by atoms with Gasteiger partial charge < -0.3 is 15.1 Å². The van der Waals surface area contributed by atoms with Gasteiger partial charge in [-0.05, 0) is 63.2 Å². The van der Waals surface area contributed by atoms with E-state index >= 15 is 0 Å². The molecule has 2 aliphatic heterocycles. The van der Waals surface area contributed by atoms with Crippen molar-refractivity contribution in [2.75, 3.05) is 38.1 Å². The number of rotatable bonds is 5. The molecule has 0 bridgehead atoms. The topological polar surface area (TPSA) is 48.5 Å². The summed E-state index contributed by atoms with van der Waals surface area (Å²) in [5, 5.41) is 2.78. The molecule has 0 radical (unpaired) electrons. The number of piperidine rings is 1. The SMILES string of the molecule is CNC(=O)C1CCN(CCCN2c3ccccc3Sc3cccnc32)CC1. The molecule has 0 spiro atoms. The molecule has 1 aromatic carbocycles. The second-order valence-corrected chi connectivity index (χ2v) is 8.21. The van der Waals surface area contributed by atoms with Gasteiger partial charge in [0.1, 0.15) is 5.82 Å². The van der Waals surface area contributed by atoms with E-state index in [0.717, 1.165) is 51.3 Å². The molecule has 3 heterocycles. The van der Waals surface area contributed by atoms with Crippen LogP contribution in [0.15, 0.2) is 52.4 Å². The molecule has 1 saturated heterocycles. The largest absolute Gasteiger partial charge is 0.359 e.